The van der Waals surface area contributed by atoms with Crippen molar-refractivity contribution in [1.82, 2.24) is 4.90 Å². The van der Waals surface area contributed by atoms with Gasteiger partial charge < -0.3 is 4.90 Å². The van der Waals surface area contributed by atoms with Gasteiger partial charge in [0.2, 0.25) is 0 Å². The van der Waals surface area contributed by atoms with Gasteiger partial charge in [-0.15, -0.1) is 11.6 Å². The molecule has 0 saturated carbocycles. The summed E-state index contributed by atoms with van der Waals surface area (Å²) < 4.78 is 0.938. The van der Waals surface area contributed by atoms with Crippen molar-refractivity contribution in [1.29, 1.82) is 0 Å². The first-order valence-electron chi connectivity index (χ1n) is 5.76. The second-order valence-electron chi connectivity index (χ2n) is 4.41. The fourth-order valence-corrected chi connectivity index (χ4v) is 2.92. The Morgan fingerprint density at radius 1 is 1.59 bits per heavy atom. The fraction of sp³-hybridized carbons (Fsp3) is 0.462. The van der Waals surface area contributed by atoms with Crippen LogP contribution < -0.4 is 0 Å². The number of likely N-dealkylation sites (tertiary alicyclic amines) is 1. The van der Waals surface area contributed by atoms with Gasteiger partial charge in [0.05, 0.1) is 0 Å². The summed E-state index contributed by atoms with van der Waals surface area (Å²) in [5.74, 6) is 0.630. The Balaban J connectivity index is 2.27. The Morgan fingerprint density at radius 2 is 2.35 bits per heavy atom. The summed E-state index contributed by atoms with van der Waals surface area (Å²) in [6.45, 7) is 2.79. The van der Waals surface area contributed by atoms with Crippen molar-refractivity contribution >= 4 is 33.4 Å². The number of rotatable bonds is 2. The predicted octanol–water partition coefficient (Wildman–Crippen LogP) is 3.60. The molecular weight excluding hydrogens is 302 g/mol. The zero-order valence-electron chi connectivity index (χ0n) is 9.75. The number of hydrogen-bond acceptors (Lipinski definition) is 1. The number of benzene rings is 1. The van der Waals surface area contributed by atoms with E-state index in [0.29, 0.717) is 5.88 Å². The van der Waals surface area contributed by atoms with Crippen molar-refractivity contribution in [3.8, 4) is 0 Å². The monoisotopic (exact) mass is 315 g/mol. The van der Waals surface area contributed by atoms with E-state index in [4.69, 9.17) is 11.6 Å². The third-order valence-electron chi connectivity index (χ3n) is 3.25. The van der Waals surface area contributed by atoms with E-state index in [9.17, 15) is 4.79 Å². The lowest BCUT2D eigenvalue weighted by atomic mass is 10.1. The largest absolute Gasteiger partial charge is 0.334 e. The van der Waals surface area contributed by atoms with Crippen LogP contribution in [0.3, 0.4) is 0 Å². The summed E-state index contributed by atoms with van der Waals surface area (Å²) in [6.07, 6.45) is 2.07. The predicted molar refractivity (Wildman–Crippen MR) is 73.7 cm³/mol. The maximum Gasteiger partial charge on any atom is 0.254 e. The molecule has 2 rings (SSSR count). The van der Waals surface area contributed by atoms with Crippen LogP contribution in [-0.2, 0) is 0 Å². The first-order valence-corrected chi connectivity index (χ1v) is 7.09. The molecule has 4 heteroatoms. The number of amides is 1. The van der Waals surface area contributed by atoms with Gasteiger partial charge in [0.25, 0.3) is 5.91 Å². The van der Waals surface area contributed by atoms with Crippen molar-refractivity contribution in [2.24, 2.45) is 0 Å². The highest BCUT2D eigenvalue weighted by Crippen LogP contribution is 2.24. The molecule has 1 atom stereocenters. The highest BCUT2D eigenvalue weighted by molar-refractivity contribution is 9.10. The number of alkyl halides is 1. The van der Waals surface area contributed by atoms with E-state index in [1.807, 2.05) is 30.0 Å². The minimum absolute atomic E-state index is 0.104. The third kappa shape index (κ3) is 2.66. The average Bonchev–Trinajstić information content (AvgIpc) is 2.79. The van der Waals surface area contributed by atoms with Gasteiger partial charge in [0, 0.05) is 28.5 Å². The zero-order chi connectivity index (χ0) is 12.4. The van der Waals surface area contributed by atoms with Crippen molar-refractivity contribution in [3.63, 3.8) is 0 Å². The number of aryl methyl sites for hydroxylation is 1. The molecule has 1 aromatic rings. The van der Waals surface area contributed by atoms with E-state index in [2.05, 4.69) is 15.9 Å². The lowest BCUT2D eigenvalue weighted by Gasteiger charge is -2.23. The number of halogens is 2. The average molecular weight is 317 g/mol. The maximum atomic E-state index is 12.4. The summed E-state index contributed by atoms with van der Waals surface area (Å²) >= 11 is 9.31. The van der Waals surface area contributed by atoms with Crippen LogP contribution in [0.25, 0.3) is 0 Å². The summed E-state index contributed by atoms with van der Waals surface area (Å²) in [5, 5.41) is 0. The molecule has 1 fully saturated rings. The molecule has 1 saturated heterocycles. The van der Waals surface area contributed by atoms with E-state index in [0.717, 1.165) is 35.0 Å². The van der Waals surface area contributed by atoms with E-state index in [1.54, 1.807) is 0 Å². The molecule has 1 aliphatic rings. The molecular formula is C13H15BrClNO. The van der Waals surface area contributed by atoms with Crippen LogP contribution in [-0.4, -0.2) is 29.3 Å². The Morgan fingerprint density at radius 3 is 3.06 bits per heavy atom. The van der Waals surface area contributed by atoms with Crippen molar-refractivity contribution in [3.05, 3.63) is 33.8 Å². The lowest BCUT2D eigenvalue weighted by molar-refractivity contribution is 0.0748. The SMILES string of the molecule is Cc1ccc(Br)cc1C(=O)N1CCCC1CCl. The van der Waals surface area contributed by atoms with Crippen LogP contribution in [0.15, 0.2) is 22.7 Å². The van der Waals surface area contributed by atoms with Crippen LogP contribution in [0.2, 0.25) is 0 Å². The van der Waals surface area contributed by atoms with E-state index >= 15 is 0 Å². The minimum Gasteiger partial charge on any atom is -0.334 e. The first kappa shape index (κ1) is 12.9. The van der Waals surface area contributed by atoms with Crippen LogP contribution in [0.1, 0.15) is 28.8 Å². The van der Waals surface area contributed by atoms with Crippen molar-refractivity contribution in [2.75, 3.05) is 12.4 Å². The van der Waals surface area contributed by atoms with Crippen LogP contribution in [0.5, 0.6) is 0 Å². The molecule has 1 heterocycles. The highest BCUT2D eigenvalue weighted by atomic mass is 79.9. The standard InChI is InChI=1S/C13H15BrClNO/c1-9-4-5-10(14)7-12(9)13(17)16-6-2-3-11(16)8-15/h4-5,7,11H,2-3,6,8H2,1H3. The Hall–Kier alpha value is -0.540. The normalized spacial score (nSPS) is 19.7. The highest BCUT2D eigenvalue weighted by Gasteiger charge is 2.29. The molecule has 0 aromatic heterocycles. The van der Waals surface area contributed by atoms with Gasteiger partial charge >= 0.3 is 0 Å². The second kappa shape index (κ2) is 5.40. The van der Waals surface area contributed by atoms with Gasteiger partial charge in [-0.3, -0.25) is 4.79 Å². The van der Waals surface area contributed by atoms with Crippen LogP contribution in [0.4, 0.5) is 0 Å². The molecule has 92 valence electrons. The molecule has 1 aliphatic heterocycles. The summed E-state index contributed by atoms with van der Waals surface area (Å²) in [4.78, 5) is 14.3. The van der Waals surface area contributed by atoms with Crippen molar-refractivity contribution < 1.29 is 4.79 Å². The fourth-order valence-electron chi connectivity index (χ4n) is 2.24. The molecule has 0 bridgehead atoms. The Labute approximate surface area is 115 Å². The Bertz CT molecular complexity index is 435. The van der Waals surface area contributed by atoms with Crippen LogP contribution >= 0.6 is 27.5 Å². The summed E-state index contributed by atoms with van der Waals surface area (Å²) in [6, 6.07) is 6.00. The molecule has 17 heavy (non-hydrogen) atoms. The smallest absolute Gasteiger partial charge is 0.254 e. The molecule has 0 aliphatic carbocycles. The van der Waals surface area contributed by atoms with Gasteiger partial charge in [-0.25, -0.2) is 0 Å². The van der Waals surface area contributed by atoms with Gasteiger partial charge in [-0.2, -0.15) is 0 Å². The van der Waals surface area contributed by atoms with Gasteiger partial charge in [0.1, 0.15) is 0 Å². The van der Waals surface area contributed by atoms with Gasteiger partial charge in [-0.05, 0) is 37.5 Å². The minimum atomic E-state index is 0.104. The summed E-state index contributed by atoms with van der Waals surface area (Å²) in [5.41, 5.74) is 1.79. The lowest BCUT2D eigenvalue weighted by Crippen LogP contribution is -2.36. The van der Waals surface area contributed by atoms with Gasteiger partial charge in [-0.1, -0.05) is 22.0 Å². The number of carbonyl (C=O) groups excluding carboxylic acids is 1. The third-order valence-corrected chi connectivity index (χ3v) is 4.10. The number of carbonyl (C=O) groups is 1. The maximum absolute atomic E-state index is 12.4. The molecule has 1 amide bonds. The van der Waals surface area contributed by atoms with E-state index in [-0.39, 0.29) is 11.9 Å². The van der Waals surface area contributed by atoms with E-state index in [1.165, 1.54) is 0 Å². The molecule has 1 aromatic carbocycles. The molecule has 2 nitrogen and oxygen atoms in total. The quantitative estimate of drug-likeness (QED) is 0.763. The van der Waals surface area contributed by atoms with Crippen LogP contribution in [0, 0.1) is 6.92 Å². The zero-order valence-corrected chi connectivity index (χ0v) is 12.1. The summed E-state index contributed by atoms with van der Waals surface area (Å²) in [7, 11) is 0. The molecule has 0 radical (unpaired) electrons. The molecule has 1 unspecified atom stereocenters. The van der Waals surface area contributed by atoms with Gasteiger partial charge in [0.15, 0.2) is 0 Å². The molecule has 0 spiro atoms. The first-order chi connectivity index (χ1) is 8.13. The van der Waals surface area contributed by atoms with Crippen molar-refractivity contribution in [2.45, 2.75) is 25.8 Å². The second-order valence-corrected chi connectivity index (χ2v) is 5.63. The Kier molecular flexibility index (Phi) is 4.10. The number of hydrogen-bond donors (Lipinski definition) is 0. The molecule has 0 N–H and O–H groups in total. The van der Waals surface area contributed by atoms with E-state index < -0.39 is 0 Å². The topological polar surface area (TPSA) is 20.3 Å². The number of nitrogens with zero attached hydrogens (tertiary/aromatic N) is 1.